The highest BCUT2D eigenvalue weighted by atomic mass is 32.2. The van der Waals surface area contributed by atoms with E-state index in [-0.39, 0.29) is 18.8 Å². The van der Waals surface area contributed by atoms with E-state index in [9.17, 15) is 8.42 Å². The number of ether oxygens (including phenoxy) is 1. The van der Waals surface area contributed by atoms with Gasteiger partial charge in [-0.25, -0.2) is 8.42 Å². The maximum absolute atomic E-state index is 12.7. The lowest BCUT2D eigenvalue weighted by molar-refractivity contribution is -0.0241. The van der Waals surface area contributed by atoms with Gasteiger partial charge in [0.2, 0.25) is 0 Å². The first kappa shape index (κ1) is 13.5. The second-order valence-electron chi connectivity index (χ2n) is 4.90. The molecule has 3 rings (SSSR count). The molecule has 2 fully saturated rings. The van der Waals surface area contributed by atoms with Crippen LogP contribution in [0.1, 0.15) is 24.1 Å². The Morgan fingerprint density at radius 2 is 2.26 bits per heavy atom. The van der Waals surface area contributed by atoms with Gasteiger partial charge in [-0.2, -0.15) is 4.31 Å². The monoisotopic (exact) mass is 303 g/mol. The third kappa shape index (κ3) is 2.34. The van der Waals surface area contributed by atoms with Crippen LogP contribution in [0.5, 0.6) is 0 Å². The fourth-order valence-electron chi connectivity index (χ4n) is 2.89. The lowest BCUT2D eigenvalue weighted by atomic mass is 10.2. The van der Waals surface area contributed by atoms with Gasteiger partial charge < -0.3 is 9.84 Å². The maximum Gasteiger partial charge on any atom is 0.252 e. The van der Waals surface area contributed by atoms with Gasteiger partial charge in [0.05, 0.1) is 25.4 Å². The summed E-state index contributed by atoms with van der Waals surface area (Å²) < 4.78 is 32.9. The van der Waals surface area contributed by atoms with Crippen molar-refractivity contribution in [1.29, 1.82) is 0 Å². The predicted molar refractivity (Wildman–Crippen MR) is 71.5 cm³/mol. The Labute approximate surface area is 116 Å². The average molecular weight is 303 g/mol. The molecule has 2 heterocycles. The Balaban J connectivity index is 1.90. The number of hydrogen-bond donors (Lipinski definition) is 1. The van der Waals surface area contributed by atoms with Crippen molar-refractivity contribution in [1.82, 2.24) is 4.31 Å². The average Bonchev–Trinajstić information content (AvgIpc) is 3.06. The molecule has 1 aliphatic carbocycles. The minimum Gasteiger partial charge on any atom is -0.391 e. The van der Waals surface area contributed by atoms with Gasteiger partial charge in [-0.15, -0.1) is 11.3 Å². The summed E-state index contributed by atoms with van der Waals surface area (Å²) in [5.74, 6) is 0. The van der Waals surface area contributed by atoms with Gasteiger partial charge in [0.15, 0.2) is 0 Å². The van der Waals surface area contributed by atoms with Crippen molar-refractivity contribution in [3.8, 4) is 0 Å². The molecular weight excluding hydrogens is 286 g/mol. The highest BCUT2D eigenvalue weighted by Gasteiger charge is 2.42. The summed E-state index contributed by atoms with van der Waals surface area (Å²) in [6.45, 7) is 0.782. The van der Waals surface area contributed by atoms with Crippen LogP contribution in [0.4, 0.5) is 0 Å². The van der Waals surface area contributed by atoms with Crippen LogP contribution < -0.4 is 0 Å². The van der Waals surface area contributed by atoms with E-state index < -0.39 is 10.0 Å². The largest absolute Gasteiger partial charge is 0.391 e. The molecule has 5 nitrogen and oxygen atoms in total. The molecule has 1 aliphatic heterocycles. The molecule has 1 aromatic rings. The van der Waals surface area contributed by atoms with Gasteiger partial charge >= 0.3 is 0 Å². The van der Waals surface area contributed by atoms with Crippen LogP contribution in [-0.4, -0.2) is 43.1 Å². The molecule has 7 heteroatoms. The summed E-state index contributed by atoms with van der Waals surface area (Å²) in [5, 5.41) is 9.06. The first-order chi connectivity index (χ1) is 9.13. The SMILES string of the molecule is O=S(=O)(c1ccc(CO)s1)N1CCOC2CCCC21. The Morgan fingerprint density at radius 1 is 1.42 bits per heavy atom. The number of rotatable bonds is 3. The molecule has 1 N–H and O–H groups in total. The third-order valence-corrected chi connectivity index (χ3v) is 7.25. The Hall–Kier alpha value is -0.470. The number of morpholine rings is 1. The minimum absolute atomic E-state index is 0.0153. The normalized spacial score (nSPS) is 28.5. The van der Waals surface area contributed by atoms with Gasteiger partial charge in [0.1, 0.15) is 4.21 Å². The number of fused-ring (bicyclic) bond motifs is 1. The zero-order valence-corrected chi connectivity index (χ0v) is 12.1. The van der Waals surface area contributed by atoms with Crippen LogP contribution in [0.25, 0.3) is 0 Å². The number of thiophene rings is 1. The molecule has 1 saturated heterocycles. The first-order valence-electron chi connectivity index (χ1n) is 6.46. The number of nitrogens with zero attached hydrogens (tertiary/aromatic N) is 1. The first-order valence-corrected chi connectivity index (χ1v) is 8.71. The molecule has 2 unspecified atom stereocenters. The van der Waals surface area contributed by atoms with E-state index >= 15 is 0 Å². The molecule has 2 aliphatic rings. The number of aliphatic hydroxyl groups is 1. The molecule has 0 radical (unpaired) electrons. The van der Waals surface area contributed by atoms with Gasteiger partial charge in [-0.1, -0.05) is 0 Å². The van der Waals surface area contributed by atoms with Gasteiger partial charge in [0.25, 0.3) is 10.0 Å². The van der Waals surface area contributed by atoms with E-state index in [4.69, 9.17) is 9.84 Å². The number of aliphatic hydroxyl groups excluding tert-OH is 1. The lowest BCUT2D eigenvalue weighted by Gasteiger charge is -2.36. The molecule has 0 bridgehead atoms. The second kappa shape index (κ2) is 5.14. The van der Waals surface area contributed by atoms with Crippen molar-refractivity contribution in [2.45, 2.75) is 42.2 Å². The maximum atomic E-state index is 12.7. The van der Waals surface area contributed by atoms with Crippen LogP contribution in [0, 0.1) is 0 Å². The summed E-state index contributed by atoms with van der Waals surface area (Å²) in [6, 6.07) is 3.24. The Kier molecular flexibility index (Phi) is 3.65. The highest BCUT2D eigenvalue weighted by molar-refractivity contribution is 7.91. The van der Waals surface area contributed by atoms with Crippen molar-refractivity contribution in [3.05, 3.63) is 17.0 Å². The quantitative estimate of drug-likeness (QED) is 0.910. The summed E-state index contributed by atoms with van der Waals surface area (Å²) >= 11 is 1.15. The van der Waals surface area contributed by atoms with E-state index in [0.29, 0.717) is 22.2 Å². The van der Waals surface area contributed by atoms with Crippen molar-refractivity contribution < 1.29 is 18.3 Å². The van der Waals surface area contributed by atoms with E-state index in [1.807, 2.05) is 0 Å². The van der Waals surface area contributed by atoms with Crippen LogP contribution in [0.15, 0.2) is 16.3 Å². The van der Waals surface area contributed by atoms with E-state index in [1.54, 1.807) is 16.4 Å². The predicted octanol–water partition coefficient (Wildman–Crippen LogP) is 1.18. The Bertz CT molecular complexity index is 554. The van der Waals surface area contributed by atoms with Crippen LogP contribution in [-0.2, 0) is 21.4 Å². The molecule has 106 valence electrons. The summed E-state index contributed by atoms with van der Waals surface area (Å²) in [6.07, 6.45) is 2.90. The Morgan fingerprint density at radius 3 is 3.00 bits per heavy atom. The molecule has 2 atom stereocenters. The zero-order valence-electron chi connectivity index (χ0n) is 10.5. The van der Waals surface area contributed by atoms with Crippen molar-refractivity contribution in [3.63, 3.8) is 0 Å². The topological polar surface area (TPSA) is 66.8 Å². The van der Waals surface area contributed by atoms with Gasteiger partial charge in [0, 0.05) is 11.4 Å². The van der Waals surface area contributed by atoms with Crippen LogP contribution >= 0.6 is 11.3 Å². The molecular formula is C12H17NO4S2. The van der Waals surface area contributed by atoms with Crippen molar-refractivity contribution in [2.24, 2.45) is 0 Å². The summed E-state index contributed by atoms with van der Waals surface area (Å²) in [5.41, 5.74) is 0. The zero-order chi connectivity index (χ0) is 13.5. The second-order valence-corrected chi connectivity index (χ2v) is 8.19. The van der Waals surface area contributed by atoms with Gasteiger partial charge in [-0.05, 0) is 31.4 Å². The molecule has 0 spiro atoms. The molecule has 1 aromatic heterocycles. The fourth-order valence-corrected chi connectivity index (χ4v) is 5.89. The summed E-state index contributed by atoms with van der Waals surface area (Å²) in [7, 11) is -3.44. The minimum atomic E-state index is -3.44. The molecule has 19 heavy (non-hydrogen) atoms. The van der Waals surface area contributed by atoms with Crippen LogP contribution in [0.2, 0.25) is 0 Å². The van der Waals surface area contributed by atoms with E-state index in [1.165, 1.54) is 0 Å². The van der Waals surface area contributed by atoms with E-state index in [0.717, 1.165) is 30.6 Å². The van der Waals surface area contributed by atoms with Crippen LogP contribution in [0.3, 0.4) is 0 Å². The standard InChI is InChI=1S/C12H17NO4S2/c14-8-9-4-5-12(18-9)19(15,16)13-6-7-17-11-3-1-2-10(11)13/h4-5,10-11,14H,1-3,6-8H2. The summed E-state index contributed by atoms with van der Waals surface area (Å²) in [4.78, 5) is 0.676. The molecule has 1 saturated carbocycles. The van der Waals surface area contributed by atoms with E-state index in [2.05, 4.69) is 0 Å². The lowest BCUT2D eigenvalue weighted by Crippen LogP contribution is -2.50. The fraction of sp³-hybridized carbons (Fsp3) is 0.667. The molecule has 0 aromatic carbocycles. The molecule has 0 amide bonds. The highest BCUT2D eigenvalue weighted by Crippen LogP contribution is 2.35. The van der Waals surface area contributed by atoms with Crippen molar-refractivity contribution >= 4 is 21.4 Å². The third-order valence-electron chi connectivity index (χ3n) is 3.79. The van der Waals surface area contributed by atoms with Crippen molar-refractivity contribution in [2.75, 3.05) is 13.2 Å². The number of hydrogen-bond acceptors (Lipinski definition) is 5. The smallest absolute Gasteiger partial charge is 0.252 e. The van der Waals surface area contributed by atoms with Gasteiger partial charge in [-0.3, -0.25) is 0 Å². The number of sulfonamides is 1.